The molecular weight excluding hydrogens is 1010 g/mol. The predicted octanol–water partition coefficient (Wildman–Crippen LogP) is 23.7. The highest BCUT2D eigenvalue weighted by Gasteiger charge is 2.19. The summed E-state index contributed by atoms with van der Waals surface area (Å²) in [5.74, 6) is -0.929. The Hall–Kier alpha value is -4.45. The molecule has 1 unspecified atom stereocenters. The fourth-order valence-electron chi connectivity index (χ4n) is 9.36. The highest BCUT2D eigenvalue weighted by atomic mass is 16.6. The highest BCUT2D eigenvalue weighted by molar-refractivity contribution is 5.71. The number of ether oxygens (including phenoxy) is 3. The zero-order valence-corrected chi connectivity index (χ0v) is 53.5. The van der Waals surface area contributed by atoms with E-state index in [1.165, 1.54) is 135 Å². The summed E-state index contributed by atoms with van der Waals surface area (Å²) < 4.78 is 16.8. The molecule has 0 heterocycles. The van der Waals surface area contributed by atoms with Crippen LogP contribution in [0.1, 0.15) is 310 Å². The van der Waals surface area contributed by atoms with Crippen molar-refractivity contribution in [2.45, 2.75) is 316 Å². The van der Waals surface area contributed by atoms with Crippen molar-refractivity contribution in [2.24, 2.45) is 0 Å². The lowest BCUT2D eigenvalue weighted by atomic mass is 10.0. The number of unbranched alkanes of at least 4 members (excludes halogenated alkanes) is 28. The Morgan fingerprint density at radius 3 is 0.756 bits per heavy atom. The molecule has 0 aromatic heterocycles. The zero-order chi connectivity index (χ0) is 59.2. The summed E-state index contributed by atoms with van der Waals surface area (Å²) in [6, 6.07) is 0. The van der Waals surface area contributed by atoms with Gasteiger partial charge in [0.15, 0.2) is 6.10 Å². The molecule has 0 fully saturated rings. The Balaban J connectivity index is 4.07. The quantitative estimate of drug-likeness (QED) is 0.0261. The number of carbonyl (C=O) groups excluding carboxylic acids is 3. The molecule has 0 rings (SSSR count). The number of rotatable bonds is 61. The zero-order valence-electron chi connectivity index (χ0n) is 53.5. The lowest BCUT2D eigenvalue weighted by Crippen LogP contribution is -2.30. The van der Waals surface area contributed by atoms with Gasteiger partial charge in [-0.3, -0.25) is 14.4 Å². The van der Waals surface area contributed by atoms with Gasteiger partial charge >= 0.3 is 17.9 Å². The van der Waals surface area contributed by atoms with Crippen LogP contribution < -0.4 is 0 Å². The van der Waals surface area contributed by atoms with E-state index in [0.29, 0.717) is 12.8 Å². The van der Waals surface area contributed by atoms with Gasteiger partial charge < -0.3 is 14.2 Å². The third kappa shape index (κ3) is 66.4. The summed E-state index contributed by atoms with van der Waals surface area (Å²) in [6.07, 6.45) is 98.1. The molecule has 0 aliphatic carbocycles. The molecule has 0 radical (unpaired) electrons. The second-order valence-electron chi connectivity index (χ2n) is 22.3. The molecule has 0 saturated heterocycles. The van der Waals surface area contributed by atoms with Crippen molar-refractivity contribution >= 4 is 17.9 Å². The second-order valence-corrected chi connectivity index (χ2v) is 22.3. The third-order valence-corrected chi connectivity index (χ3v) is 14.4. The fraction of sp³-hybridized carbons (Fsp3) is 0.671. The Morgan fingerprint density at radius 2 is 0.476 bits per heavy atom. The van der Waals surface area contributed by atoms with Crippen LogP contribution in [0, 0.1) is 0 Å². The number of hydrogen-bond acceptors (Lipinski definition) is 6. The first kappa shape index (κ1) is 77.5. The Labute approximate surface area is 506 Å². The van der Waals surface area contributed by atoms with E-state index >= 15 is 0 Å². The van der Waals surface area contributed by atoms with Gasteiger partial charge in [-0.2, -0.15) is 0 Å². The molecule has 0 aliphatic rings. The molecule has 0 amide bonds. The van der Waals surface area contributed by atoms with Gasteiger partial charge in [-0.15, -0.1) is 0 Å². The summed E-state index contributed by atoms with van der Waals surface area (Å²) >= 11 is 0. The normalized spacial score (nSPS) is 13.0. The summed E-state index contributed by atoms with van der Waals surface area (Å²) in [6.45, 7) is 6.34. The van der Waals surface area contributed by atoms with Gasteiger partial charge in [0.1, 0.15) is 13.2 Å². The first-order valence-electron chi connectivity index (χ1n) is 34.2. The number of hydrogen-bond donors (Lipinski definition) is 0. The number of esters is 3. The monoisotopic (exact) mass is 1130 g/mol. The minimum absolute atomic E-state index is 0.0915. The van der Waals surface area contributed by atoms with Crippen molar-refractivity contribution in [3.05, 3.63) is 134 Å². The van der Waals surface area contributed by atoms with Gasteiger partial charge in [-0.25, -0.2) is 0 Å². The van der Waals surface area contributed by atoms with Crippen LogP contribution in [0.2, 0.25) is 0 Å². The first-order chi connectivity index (χ1) is 40.5. The van der Waals surface area contributed by atoms with E-state index < -0.39 is 6.10 Å². The molecule has 0 aromatic carbocycles. The Kier molecular flexibility index (Phi) is 65.3. The van der Waals surface area contributed by atoms with E-state index in [2.05, 4.69) is 154 Å². The van der Waals surface area contributed by atoms with Gasteiger partial charge in [-0.1, -0.05) is 309 Å². The minimum Gasteiger partial charge on any atom is -0.462 e. The van der Waals surface area contributed by atoms with E-state index in [1.807, 2.05) is 0 Å². The van der Waals surface area contributed by atoms with Gasteiger partial charge in [-0.05, 0) is 116 Å². The lowest BCUT2D eigenvalue weighted by molar-refractivity contribution is -0.167. The van der Waals surface area contributed by atoms with E-state index in [0.717, 1.165) is 135 Å². The fourth-order valence-corrected chi connectivity index (χ4v) is 9.36. The molecule has 0 spiro atoms. The molecule has 82 heavy (non-hydrogen) atoms. The Morgan fingerprint density at radius 1 is 0.256 bits per heavy atom. The van der Waals surface area contributed by atoms with Gasteiger partial charge in [0.25, 0.3) is 0 Å². The maximum absolute atomic E-state index is 12.9. The van der Waals surface area contributed by atoms with Crippen LogP contribution in [0.5, 0.6) is 0 Å². The SMILES string of the molecule is CC/C=C\C/C=C\C/C=C\C/C=C\C/C=C\C/C=C\C/C=C\CCCCCC(=O)OC(COC(=O)CCCCCCCC)COC(=O)CCCCCCCCCCCCCCCCCCCCCC/C=C\C/C=C\C/C=C\C/C=C\CC. The third-order valence-electron chi connectivity index (χ3n) is 14.4. The average Bonchev–Trinajstić information content (AvgIpc) is 3.47. The average molecular weight is 1140 g/mol. The maximum atomic E-state index is 12.9. The van der Waals surface area contributed by atoms with E-state index in [1.54, 1.807) is 0 Å². The summed E-state index contributed by atoms with van der Waals surface area (Å²) in [5, 5.41) is 0. The molecule has 0 bridgehead atoms. The van der Waals surface area contributed by atoms with Crippen molar-refractivity contribution < 1.29 is 28.6 Å². The predicted molar refractivity (Wildman–Crippen MR) is 357 cm³/mol. The van der Waals surface area contributed by atoms with Crippen LogP contribution in [0.4, 0.5) is 0 Å². The van der Waals surface area contributed by atoms with Crippen molar-refractivity contribution in [1.82, 2.24) is 0 Å². The molecule has 6 nitrogen and oxygen atoms in total. The molecule has 0 saturated carbocycles. The molecule has 466 valence electrons. The second kappa shape index (κ2) is 69.0. The van der Waals surface area contributed by atoms with E-state index in [-0.39, 0.29) is 37.5 Å². The van der Waals surface area contributed by atoms with Crippen molar-refractivity contribution in [1.29, 1.82) is 0 Å². The number of allylic oxidation sites excluding steroid dienone is 22. The van der Waals surface area contributed by atoms with Crippen LogP contribution in [-0.4, -0.2) is 37.2 Å². The first-order valence-corrected chi connectivity index (χ1v) is 34.2. The highest BCUT2D eigenvalue weighted by Crippen LogP contribution is 2.17. The minimum atomic E-state index is -0.796. The van der Waals surface area contributed by atoms with Gasteiger partial charge in [0.05, 0.1) is 0 Å². The molecular formula is C76H126O6. The van der Waals surface area contributed by atoms with Crippen LogP contribution in [0.25, 0.3) is 0 Å². The Bertz CT molecular complexity index is 1730. The van der Waals surface area contributed by atoms with Crippen LogP contribution in [-0.2, 0) is 28.6 Å². The molecule has 1 atom stereocenters. The topological polar surface area (TPSA) is 78.9 Å². The summed E-state index contributed by atoms with van der Waals surface area (Å²) in [7, 11) is 0. The van der Waals surface area contributed by atoms with Gasteiger partial charge in [0.2, 0.25) is 0 Å². The van der Waals surface area contributed by atoms with Gasteiger partial charge in [0, 0.05) is 19.3 Å². The summed E-state index contributed by atoms with van der Waals surface area (Å²) in [5.41, 5.74) is 0. The standard InChI is InChI=1S/C76H126O6/c1-4-7-10-13-16-18-20-22-24-26-28-30-32-34-35-36-37-38-39-40-41-43-44-46-48-50-52-54-56-58-60-63-66-69-75(78)81-72-73(71-80-74(77)68-65-62-15-12-9-6-3)82-76(79)70-67-64-61-59-57-55-53-51-49-47-45-42-33-31-29-27-25-23-21-19-17-14-11-8-5-2/h7-8,10-11,16-19,22-25,28-31,42,45,49,51,55,57,73H,4-6,9,12-15,20-21,26-27,32-41,43-44,46-48,50,52-54,56,58-72H2,1-3H3/b10-7-,11-8-,18-16-,19-17-,24-22-,25-23-,30-28-,31-29-,45-42-,51-49-,57-55-. The summed E-state index contributed by atoms with van der Waals surface area (Å²) in [4.78, 5) is 38.1. The molecule has 0 aromatic rings. The maximum Gasteiger partial charge on any atom is 0.306 e. The van der Waals surface area contributed by atoms with Crippen LogP contribution in [0.15, 0.2) is 134 Å². The smallest absolute Gasteiger partial charge is 0.306 e. The molecule has 6 heteroatoms. The largest absolute Gasteiger partial charge is 0.462 e. The lowest BCUT2D eigenvalue weighted by Gasteiger charge is -2.18. The van der Waals surface area contributed by atoms with Crippen molar-refractivity contribution in [3.8, 4) is 0 Å². The molecule has 0 N–H and O–H groups in total. The molecule has 0 aliphatic heterocycles. The van der Waals surface area contributed by atoms with Crippen LogP contribution >= 0.6 is 0 Å². The van der Waals surface area contributed by atoms with E-state index in [9.17, 15) is 14.4 Å². The van der Waals surface area contributed by atoms with Crippen molar-refractivity contribution in [2.75, 3.05) is 13.2 Å². The van der Waals surface area contributed by atoms with Crippen molar-refractivity contribution in [3.63, 3.8) is 0 Å². The van der Waals surface area contributed by atoms with E-state index in [4.69, 9.17) is 14.2 Å². The number of carbonyl (C=O) groups is 3. The van der Waals surface area contributed by atoms with Crippen LogP contribution in [0.3, 0.4) is 0 Å².